The van der Waals surface area contributed by atoms with Crippen molar-refractivity contribution in [1.29, 1.82) is 0 Å². The number of nitrogens with zero attached hydrogens (tertiary/aromatic N) is 2. The Kier molecular flexibility index (Phi) is 3.64. The second-order valence-electron chi connectivity index (χ2n) is 5.04. The number of rotatable bonds is 2. The lowest BCUT2D eigenvalue weighted by atomic mass is 10.2. The van der Waals surface area contributed by atoms with E-state index in [1.165, 1.54) is 12.1 Å². The Bertz CT molecular complexity index is 804. The van der Waals surface area contributed by atoms with E-state index in [1.807, 2.05) is 36.6 Å². The molecule has 0 fully saturated rings. The van der Waals surface area contributed by atoms with Gasteiger partial charge >= 0.3 is 0 Å². The summed E-state index contributed by atoms with van der Waals surface area (Å²) in [5.41, 5.74) is 3.43. The van der Waals surface area contributed by atoms with Gasteiger partial charge in [0, 0.05) is 5.02 Å². The van der Waals surface area contributed by atoms with Crippen molar-refractivity contribution in [1.82, 2.24) is 9.55 Å². The van der Waals surface area contributed by atoms with Gasteiger partial charge in [-0.1, -0.05) is 17.7 Å². The molecule has 0 saturated carbocycles. The van der Waals surface area contributed by atoms with Gasteiger partial charge in [-0.3, -0.25) is 4.57 Å². The summed E-state index contributed by atoms with van der Waals surface area (Å²) in [7, 11) is 0. The third-order valence-corrected chi connectivity index (χ3v) is 3.71. The summed E-state index contributed by atoms with van der Waals surface area (Å²) in [6.45, 7) is 3.84. The number of halogens is 3. The van der Waals surface area contributed by atoms with Gasteiger partial charge in [0.15, 0.2) is 0 Å². The van der Waals surface area contributed by atoms with Crippen LogP contribution >= 0.6 is 23.2 Å². The molecule has 0 aliphatic carbocycles. The molecule has 3 aromatic rings. The fourth-order valence-electron chi connectivity index (χ4n) is 2.41. The topological polar surface area (TPSA) is 17.8 Å². The first-order valence-electron chi connectivity index (χ1n) is 6.55. The number of benzene rings is 2. The molecule has 1 unspecified atom stereocenters. The first-order chi connectivity index (χ1) is 9.95. The first kappa shape index (κ1) is 14.4. The van der Waals surface area contributed by atoms with Crippen LogP contribution in [0, 0.1) is 12.7 Å². The van der Waals surface area contributed by atoms with Crippen LogP contribution in [-0.4, -0.2) is 9.55 Å². The summed E-state index contributed by atoms with van der Waals surface area (Å²) in [5, 5.41) is 0.0347. The quantitative estimate of drug-likeness (QED) is 0.575. The summed E-state index contributed by atoms with van der Waals surface area (Å²) >= 11 is 12.2. The monoisotopic (exact) mass is 322 g/mol. The largest absolute Gasteiger partial charge is 0.295 e. The number of aryl methyl sites for hydroxylation is 1. The number of hydrogen-bond acceptors (Lipinski definition) is 1. The van der Waals surface area contributed by atoms with E-state index in [1.54, 1.807) is 6.07 Å². The van der Waals surface area contributed by atoms with E-state index >= 15 is 0 Å². The van der Waals surface area contributed by atoms with E-state index in [4.69, 9.17) is 23.2 Å². The summed E-state index contributed by atoms with van der Waals surface area (Å²) in [4.78, 5) is 4.55. The molecule has 0 bridgehead atoms. The Morgan fingerprint density at radius 2 is 1.95 bits per heavy atom. The third-order valence-electron chi connectivity index (χ3n) is 3.30. The number of hydrogen-bond donors (Lipinski definition) is 0. The van der Waals surface area contributed by atoms with Crippen molar-refractivity contribution in [3.63, 3.8) is 0 Å². The van der Waals surface area contributed by atoms with Gasteiger partial charge in [0.25, 0.3) is 0 Å². The maximum absolute atomic E-state index is 13.7. The Morgan fingerprint density at radius 3 is 2.62 bits per heavy atom. The van der Waals surface area contributed by atoms with E-state index in [0.29, 0.717) is 16.5 Å². The lowest BCUT2D eigenvalue weighted by Crippen LogP contribution is -2.02. The van der Waals surface area contributed by atoms with E-state index in [9.17, 15) is 4.39 Å². The van der Waals surface area contributed by atoms with Crippen molar-refractivity contribution in [3.8, 4) is 5.69 Å². The molecule has 1 heterocycles. The molecule has 0 N–H and O–H groups in total. The highest BCUT2D eigenvalue weighted by molar-refractivity contribution is 6.30. The minimum Gasteiger partial charge on any atom is -0.295 e. The molecule has 1 aromatic heterocycles. The van der Waals surface area contributed by atoms with E-state index in [2.05, 4.69) is 4.98 Å². The molecule has 0 spiro atoms. The van der Waals surface area contributed by atoms with Crippen molar-refractivity contribution >= 4 is 34.2 Å². The molecular weight excluding hydrogens is 310 g/mol. The minimum atomic E-state index is -0.389. The molecule has 0 aliphatic rings. The molecular formula is C16H13Cl2FN2. The molecule has 0 saturated heterocycles. The fraction of sp³-hybridized carbons (Fsp3) is 0.188. The SMILES string of the molecule is Cc1ccc2nc(C(C)Cl)n(-c3cc(F)cc(Cl)c3)c2c1. The van der Waals surface area contributed by atoms with Crippen LogP contribution in [0.3, 0.4) is 0 Å². The van der Waals surface area contributed by atoms with Gasteiger partial charge in [-0.15, -0.1) is 11.6 Å². The zero-order valence-corrected chi connectivity index (χ0v) is 13.1. The van der Waals surface area contributed by atoms with Gasteiger partial charge in [-0.25, -0.2) is 9.37 Å². The molecule has 0 amide bonds. The predicted octanol–water partition coefficient (Wildman–Crippen LogP) is 5.43. The molecule has 2 nitrogen and oxygen atoms in total. The van der Waals surface area contributed by atoms with Crippen LogP contribution in [0.1, 0.15) is 23.7 Å². The predicted molar refractivity (Wildman–Crippen MR) is 85.0 cm³/mol. The van der Waals surface area contributed by atoms with Crippen LogP contribution in [0.4, 0.5) is 4.39 Å². The van der Waals surface area contributed by atoms with Crippen molar-refractivity contribution in [3.05, 3.63) is 58.6 Å². The highest BCUT2D eigenvalue weighted by Gasteiger charge is 2.17. The molecule has 1 atom stereocenters. The number of fused-ring (bicyclic) bond motifs is 1. The molecule has 2 aromatic carbocycles. The number of alkyl halides is 1. The zero-order valence-electron chi connectivity index (χ0n) is 11.6. The van der Waals surface area contributed by atoms with Gasteiger partial charge < -0.3 is 0 Å². The maximum Gasteiger partial charge on any atom is 0.132 e. The molecule has 21 heavy (non-hydrogen) atoms. The van der Waals surface area contributed by atoms with Gasteiger partial charge in [-0.05, 0) is 49.7 Å². The maximum atomic E-state index is 13.7. The summed E-state index contributed by atoms with van der Waals surface area (Å²) < 4.78 is 15.5. The first-order valence-corrected chi connectivity index (χ1v) is 7.36. The van der Waals surface area contributed by atoms with Crippen LogP contribution in [-0.2, 0) is 0 Å². The second kappa shape index (κ2) is 5.32. The number of aromatic nitrogens is 2. The lowest BCUT2D eigenvalue weighted by Gasteiger charge is -2.11. The van der Waals surface area contributed by atoms with Crippen molar-refractivity contribution in [2.24, 2.45) is 0 Å². The molecule has 108 valence electrons. The third kappa shape index (κ3) is 2.63. The number of imidazole rings is 1. The van der Waals surface area contributed by atoms with Gasteiger partial charge in [0.05, 0.1) is 22.1 Å². The second-order valence-corrected chi connectivity index (χ2v) is 6.13. The standard InChI is InChI=1S/C16H13Cl2FN2/c1-9-3-4-14-15(5-9)21(16(20-14)10(2)17)13-7-11(18)6-12(19)8-13/h3-8,10H,1-2H3. The smallest absolute Gasteiger partial charge is 0.132 e. The molecule has 0 aliphatic heterocycles. The van der Waals surface area contributed by atoms with Crippen LogP contribution in [0.2, 0.25) is 5.02 Å². The van der Waals surface area contributed by atoms with Crippen LogP contribution in [0.15, 0.2) is 36.4 Å². The fourth-order valence-corrected chi connectivity index (χ4v) is 2.77. The Labute approximate surface area is 132 Å². The van der Waals surface area contributed by atoms with E-state index in [0.717, 1.165) is 16.6 Å². The average Bonchev–Trinajstić information content (AvgIpc) is 2.76. The van der Waals surface area contributed by atoms with Crippen LogP contribution in [0.25, 0.3) is 16.7 Å². The van der Waals surface area contributed by atoms with Crippen LogP contribution in [0.5, 0.6) is 0 Å². The zero-order chi connectivity index (χ0) is 15.1. The molecule has 0 radical (unpaired) electrons. The summed E-state index contributed by atoms with van der Waals surface area (Å²) in [6, 6.07) is 10.3. The lowest BCUT2D eigenvalue weighted by molar-refractivity contribution is 0.626. The Morgan fingerprint density at radius 1 is 1.19 bits per heavy atom. The van der Waals surface area contributed by atoms with Gasteiger partial charge in [-0.2, -0.15) is 0 Å². The highest BCUT2D eigenvalue weighted by atomic mass is 35.5. The molecule has 3 rings (SSSR count). The summed E-state index contributed by atoms with van der Waals surface area (Å²) in [6.07, 6.45) is 0. The minimum absolute atomic E-state index is 0.306. The van der Waals surface area contributed by atoms with E-state index < -0.39 is 0 Å². The Balaban J connectivity index is 2.38. The van der Waals surface area contributed by atoms with Crippen LogP contribution < -0.4 is 0 Å². The van der Waals surface area contributed by atoms with Gasteiger partial charge in [0.2, 0.25) is 0 Å². The van der Waals surface area contributed by atoms with E-state index in [-0.39, 0.29) is 11.2 Å². The molecule has 5 heteroatoms. The average molecular weight is 323 g/mol. The van der Waals surface area contributed by atoms with Crippen molar-refractivity contribution in [2.45, 2.75) is 19.2 Å². The normalized spacial score (nSPS) is 12.8. The van der Waals surface area contributed by atoms with Crippen molar-refractivity contribution < 1.29 is 4.39 Å². The highest BCUT2D eigenvalue weighted by Crippen LogP contribution is 2.30. The van der Waals surface area contributed by atoms with Crippen molar-refractivity contribution in [2.75, 3.05) is 0 Å². The Hall–Kier alpha value is -1.58. The van der Waals surface area contributed by atoms with Gasteiger partial charge in [0.1, 0.15) is 11.6 Å². The summed E-state index contributed by atoms with van der Waals surface area (Å²) in [5.74, 6) is 0.277.